The van der Waals surface area contributed by atoms with Gasteiger partial charge in [0.1, 0.15) is 17.2 Å². The molecule has 0 saturated heterocycles. The summed E-state index contributed by atoms with van der Waals surface area (Å²) in [6.07, 6.45) is 4.38. The molecule has 0 bridgehead atoms. The van der Waals surface area contributed by atoms with E-state index in [0.717, 1.165) is 30.9 Å². The van der Waals surface area contributed by atoms with Gasteiger partial charge in [-0.25, -0.2) is 9.97 Å². The maximum atomic E-state index is 12.9. The second-order valence-electron chi connectivity index (χ2n) is 9.58. The molecule has 0 radical (unpaired) electrons. The first-order valence-electron chi connectivity index (χ1n) is 11.9. The molecule has 3 heterocycles. The summed E-state index contributed by atoms with van der Waals surface area (Å²) in [6.45, 7) is 13.7. The predicted molar refractivity (Wildman–Crippen MR) is 141 cm³/mol. The molecule has 1 aliphatic heterocycles. The van der Waals surface area contributed by atoms with Crippen molar-refractivity contribution >= 4 is 29.2 Å². The van der Waals surface area contributed by atoms with Crippen LogP contribution in [0.1, 0.15) is 54.9 Å². The Morgan fingerprint density at radius 1 is 1.14 bits per heavy atom. The van der Waals surface area contributed by atoms with E-state index >= 15 is 0 Å². The number of carbonyl (C=O) groups excluding carboxylic acids is 1. The van der Waals surface area contributed by atoms with Gasteiger partial charge in [0.05, 0.1) is 5.69 Å². The Kier molecular flexibility index (Phi) is 7.12. The Labute approximate surface area is 206 Å². The largest absolute Gasteiger partial charge is 0.350 e. The molecule has 0 atom stereocenters. The lowest BCUT2D eigenvalue weighted by Gasteiger charge is -2.20. The van der Waals surface area contributed by atoms with E-state index in [4.69, 9.17) is 4.98 Å². The number of nitrogens with one attached hydrogen (secondary N) is 4. The van der Waals surface area contributed by atoms with Gasteiger partial charge in [-0.1, -0.05) is 32.1 Å². The van der Waals surface area contributed by atoms with E-state index in [9.17, 15) is 4.79 Å². The molecule has 0 saturated carbocycles. The molecule has 35 heavy (non-hydrogen) atoms. The van der Waals surface area contributed by atoms with Gasteiger partial charge in [-0.15, -0.1) is 6.58 Å². The van der Waals surface area contributed by atoms with Crippen LogP contribution in [-0.2, 0) is 18.4 Å². The first kappa shape index (κ1) is 24.3. The second kappa shape index (κ2) is 10.2. The number of amides is 1. The molecule has 0 spiro atoms. The molecule has 1 amide bonds. The minimum Gasteiger partial charge on any atom is -0.350 e. The number of aromatic nitrogens is 3. The standard InChI is InChI=1S/C27H33N7O/c1-6-27(4,5)22-8-7-9-23(32-22)33-24-21(25(35)30-17(2)3)16-29-26(34-24)31-20-11-10-19-15-28-13-12-18(19)14-20/h6-11,14,16-17,28H,1,12-13,15H2,2-5H3,(H,30,35)(H2,29,31,32,33,34). The third-order valence-electron chi connectivity index (χ3n) is 5.97. The Bertz CT molecular complexity index is 1240. The zero-order valence-corrected chi connectivity index (χ0v) is 20.8. The summed E-state index contributed by atoms with van der Waals surface area (Å²) < 4.78 is 0. The summed E-state index contributed by atoms with van der Waals surface area (Å²) in [5.74, 6) is 1.11. The minimum atomic E-state index is -0.296. The highest BCUT2D eigenvalue weighted by molar-refractivity contribution is 5.99. The average molecular weight is 472 g/mol. The summed E-state index contributed by atoms with van der Waals surface area (Å²) in [5, 5.41) is 12.8. The smallest absolute Gasteiger partial charge is 0.256 e. The van der Waals surface area contributed by atoms with Crippen molar-refractivity contribution in [3.05, 3.63) is 77.6 Å². The molecule has 4 N–H and O–H groups in total. The second-order valence-corrected chi connectivity index (χ2v) is 9.58. The fourth-order valence-electron chi connectivity index (χ4n) is 3.82. The van der Waals surface area contributed by atoms with Crippen LogP contribution < -0.4 is 21.3 Å². The van der Waals surface area contributed by atoms with Crippen LogP contribution in [0.2, 0.25) is 0 Å². The average Bonchev–Trinajstić information content (AvgIpc) is 2.84. The van der Waals surface area contributed by atoms with Crippen LogP contribution in [0.5, 0.6) is 0 Å². The number of rotatable bonds is 8. The van der Waals surface area contributed by atoms with Gasteiger partial charge >= 0.3 is 0 Å². The Balaban J connectivity index is 1.66. The minimum absolute atomic E-state index is 0.0204. The Morgan fingerprint density at radius 3 is 2.74 bits per heavy atom. The molecule has 2 aromatic heterocycles. The van der Waals surface area contributed by atoms with Gasteiger partial charge in [-0.2, -0.15) is 4.98 Å². The first-order valence-corrected chi connectivity index (χ1v) is 11.9. The van der Waals surface area contributed by atoms with E-state index in [1.807, 2.05) is 44.2 Å². The van der Waals surface area contributed by atoms with Gasteiger partial charge in [-0.3, -0.25) is 4.79 Å². The molecule has 1 aliphatic rings. The quantitative estimate of drug-likeness (QED) is 0.356. The van der Waals surface area contributed by atoms with Gasteiger partial charge in [0.15, 0.2) is 0 Å². The highest BCUT2D eigenvalue weighted by atomic mass is 16.1. The Morgan fingerprint density at radius 2 is 1.97 bits per heavy atom. The third kappa shape index (κ3) is 5.84. The fraction of sp³-hybridized carbons (Fsp3) is 0.333. The molecule has 3 aromatic rings. The molecular weight excluding hydrogens is 438 g/mol. The number of allylic oxidation sites excluding steroid dienone is 1. The molecule has 0 fully saturated rings. The number of carbonyl (C=O) groups is 1. The summed E-state index contributed by atoms with van der Waals surface area (Å²) in [7, 11) is 0. The number of hydrogen-bond donors (Lipinski definition) is 4. The van der Waals surface area contributed by atoms with Crippen molar-refractivity contribution in [1.82, 2.24) is 25.6 Å². The molecule has 8 nitrogen and oxygen atoms in total. The summed E-state index contributed by atoms with van der Waals surface area (Å²) >= 11 is 0. The van der Waals surface area contributed by atoms with Gasteiger partial charge < -0.3 is 21.3 Å². The van der Waals surface area contributed by atoms with E-state index < -0.39 is 0 Å². The van der Waals surface area contributed by atoms with Crippen molar-refractivity contribution in [2.75, 3.05) is 17.2 Å². The summed E-state index contributed by atoms with van der Waals surface area (Å²) in [4.78, 5) is 26.7. The van der Waals surface area contributed by atoms with Crippen molar-refractivity contribution in [3.8, 4) is 0 Å². The number of hydrogen-bond acceptors (Lipinski definition) is 7. The SMILES string of the molecule is C=CC(C)(C)c1cccc(Nc2nc(Nc3ccc4c(c3)CCNC4)ncc2C(=O)NC(C)C)n1. The molecule has 4 rings (SSSR count). The normalized spacial score (nSPS) is 13.2. The van der Waals surface area contributed by atoms with Crippen molar-refractivity contribution in [2.24, 2.45) is 0 Å². The Hall–Kier alpha value is -3.78. The first-order chi connectivity index (χ1) is 16.7. The highest BCUT2D eigenvalue weighted by Crippen LogP contribution is 2.26. The van der Waals surface area contributed by atoms with Crippen LogP contribution in [0.3, 0.4) is 0 Å². The predicted octanol–water partition coefficient (Wildman–Crippen LogP) is 4.61. The summed E-state index contributed by atoms with van der Waals surface area (Å²) in [5.41, 5.74) is 4.43. The van der Waals surface area contributed by atoms with Crippen LogP contribution in [0.15, 0.2) is 55.3 Å². The van der Waals surface area contributed by atoms with Gasteiger partial charge in [0, 0.05) is 29.9 Å². The molecule has 0 unspecified atom stereocenters. The zero-order chi connectivity index (χ0) is 25.0. The lowest BCUT2D eigenvalue weighted by molar-refractivity contribution is 0.0943. The number of pyridine rings is 1. The lowest BCUT2D eigenvalue weighted by atomic mass is 9.89. The van der Waals surface area contributed by atoms with Crippen LogP contribution in [0.25, 0.3) is 0 Å². The number of nitrogens with zero attached hydrogens (tertiary/aromatic N) is 3. The van der Waals surface area contributed by atoms with E-state index in [1.165, 1.54) is 17.3 Å². The van der Waals surface area contributed by atoms with Crippen LogP contribution in [0, 0.1) is 0 Å². The van der Waals surface area contributed by atoms with Crippen molar-refractivity contribution < 1.29 is 4.79 Å². The van der Waals surface area contributed by atoms with Gasteiger partial charge in [-0.05, 0) is 62.2 Å². The van der Waals surface area contributed by atoms with Crippen molar-refractivity contribution in [2.45, 2.75) is 52.1 Å². The fourth-order valence-corrected chi connectivity index (χ4v) is 3.82. The highest BCUT2D eigenvalue weighted by Gasteiger charge is 2.20. The molecule has 0 aliphatic carbocycles. The van der Waals surface area contributed by atoms with Crippen molar-refractivity contribution in [3.63, 3.8) is 0 Å². The maximum Gasteiger partial charge on any atom is 0.256 e. The summed E-state index contributed by atoms with van der Waals surface area (Å²) in [6, 6.07) is 12.0. The number of fused-ring (bicyclic) bond motifs is 1. The third-order valence-corrected chi connectivity index (χ3v) is 5.97. The van der Waals surface area contributed by atoms with Gasteiger partial charge in [0.25, 0.3) is 5.91 Å². The molecule has 8 heteroatoms. The van der Waals surface area contributed by atoms with Crippen LogP contribution in [0.4, 0.5) is 23.3 Å². The van der Waals surface area contributed by atoms with Crippen molar-refractivity contribution in [1.29, 1.82) is 0 Å². The lowest BCUT2D eigenvalue weighted by Crippen LogP contribution is -2.31. The van der Waals surface area contributed by atoms with E-state index in [-0.39, 0.29) is 17.4 Å². The van der Waals surface area contributed by atoms with E-state index in [0.29, 0.717) is 23.1 Å². The monoisotopic (exact) mass is 471 g/mol. The van der Waals surface area contributed by atoms with E-state index in [1.54, 1.807) is 0 Å². The maximum absolute atomic E-state index is 12.9. The molecule has 182 valence electrons. The van der Waals surface area contributed by atoms with Crippen LogP contribution in [-0.4, -0.2) is 33.4 Å². The van der Waals surface area contributed by atoms with Crippen LogP contribution >= 0.6 is 0 Å². The topological polar surface area (TPSA) is 104 Å². The van der Waals surface area contributed by atoms with E-state index in [2.05, 4.69) is 63.8 Å². The van der Waals surface area contributed by atoms with Gasteiger partial charge in [0.2, 0.25) is 5.95 Å². The zero-order valence-electron chi connectivity index (χ0n) is 20.8. The molecule has 1 aromatic carbocycles. The molecular formula is C27H33N7O. The number of anilines is 4. The number of benzene rings is 1.